The van der Waals surface area contributed by atoms with Crippen LogP contribution < -0.4 is 5.32 Å². The van der Waals surface area contributed by atoms with E-state index in [1.807, 2.05) is 0 Å². The highest BCUT2D eigenvalue weighted by Crippen LogP contribution is 2.02. The standard InChI is InChI=1S/C11H17NO5/c1-3-4-5-6-9(11(15)16)12-10(14)7-17-8(2)13/h3,9H,1,4-7H2,2H3,(H,12,14)(H,15,16)/t9-/m0/s1. The van der Waals surface area contributed by atoms with Crippen LogP contribution in [0.1, 0.15) is 26.2 Å². The summed E-state index contributed by atoms with van der Waals surface area (Å²) in [5.41, 5.74) is 0. The lowest BCUT2D eigenvalue weighted by Gasteiger charge is -2.13. The van der Waals surface area contributed by atoms with Crippen molar-refractivity contribution >= 4 is 17.8 Å². The Bertz CT molecular complexity index is 300. The predicted molar refractivity (Wildman–Crippen MR) is 60.2 cm³/mol. The molecule has 6 heteroatoms. The zero-order valence-corrected chi connectivity index (χ0v) is 9.77. The predicted octanol–water partition coefficient (Wildman–Crippen LogP) is 0.475. The Balaban J connectivity index is 4.06. The topological polar surface area (TPSA) is 92.7 Å². The Kier molecular flexibility index (Phi) is 7.41. The van der Waals surface area contributed by atoms with Crippen molar-refractivity contribution < 1.29 is 24.2 Å². The number of hydrogen-bond acceptors (Lipinski definition) is 4. The van der Waals surface area contributed by atoms with Gasteiger partial charge in [-0.25, -0.2) is 4.79 Å². The summed E-state index contributed by atoms with van der Waals surface area (Å²) >= 11 is 0. The largest absolute Gasteiger partial charge is 0.480 e. The van der Waals surface area contributed by atoms with Crippen molar-refractivity contribution in [1.82, 2.24) is 5.32 Å². The summed E-state index contributed by atoms with van der Waals surface area (Å²) in [6.07, 6.45) is 3.30. The Morgan fingerprint density at radius 1 is 1.47 bits per heavy atom. The molecule has 0 saturated heterocycles. The molecule has 6 nitrogen and oxygen atoms in total. The van der Waals surface area contributed by atoms with Gasteiger partial charge in [0.2, 0.25) is 0 Å². The second kappa shape index (κ2) is 8.32. The monoisotopic (exact) mass is 243 g/mol. The van der Waals surface area contributed by atoms with E-state index in [9.17, 15) is 14.4 Å². The quantitative estimate of drug-likeness (QED) is 0.367. The highest BCUT2D eigenvalue weighted by Gasteiger charge is 2.19. The SMILES string of the molecule is C=CCCC[C@H](NC(=O)COC(C)=O)C(=O)O. The number of unbranched alkanes of at least 4 members (excludes halogenated alkanes) is 1. The van der Waals surface area contributed by atoms with E-state index in [0.29, 0.717) is 19.3 Å². The molecule has 0 spiro atoms. The van der Waals surface area contributed by atoms with Gasteiger partial charge in [-0.3, -0.25) is 9.59 Å². The fraction of sp³-hybridized carbons (Fsp3) is 0.545. The van der Waals surface area contributed by atoms with Crippen LogP contribution in [-0.2, 0) is 19.1 Å². The molecule has 0 aliphatic heterocycles. The number of amides is 1. The normalized spacial score (nSPS) is 11.4. The van der Waals surface area contributed by atoms with Crippen molar-refractivity contribution in [2.45, 2.75) is 32.2 Å². The van der Waals surface area contributed by atoms with Crippen LogP contribution in [-0.4, -0.2) is 35.6 Å². The smallest absolute Gasteiger partial charge is 0.326 e. The minimum atomic E-state index is -1.11. The lowest BCUT2D eigenvalue weighted by molar-refractivity contribution is -0.148. The number of ether oxygens (including phenoxy) is 1. The van der Waals surface area contributed by atoms with Gasteiger partial charge in [0.1, 0.15) is 6.04 Å². The molecule has 0 saturated carbocycles. The molecule has 0 fully saturated rings. The maximum atomic E-state index is 11.2. The van der Waals surface area contributed by atoms with Crippen molar-refractivity contribution in [3.63, 3.8) is 0 Å². The van der Waals surface area contributed by atoms with Gasteiger partial charge in [0.25, 0.3) is 5.91 Å². The number of nitrogens with one attached hydrogen (secondary N) is 1. The zero-order valence-electron chi connectivity index (χ0n) is 9.77. The third kappa shape index (κ3) is 8.01. The van der Waals surface area contributed by atoms with Crippen molar-refractivity contribution in [3.05, 3.63) is 12.7 Å². The molecule has 17 heavy (non-hydrogen) atoms. The molecule has 2 N–H and O–H groups in total. The van der Waals surface area contributed by atoms with E-state index < -0.39 is 30.5 Å². The number of hydrogen-bond donors (Lipinski definition) is 2. The van der Waals surface area contributed by atoms with Gasteiger partial charge in [-0.05, 0) is 19.3 Å². The number of carbonyl (C=O) groups is 3. The van der Waals surface area contributed by atoms with E-state index in [4.69, 9.17) is 5.11 Å². The summed E-state index contributed by atoms with van der Waals surface area (Å²) in [6, 6.07) is -0.960. The van der Waals surface area contributed by atoms with E-state index >= 15 is 0 Å². The van der Waals surface area contributed by atoms with E-state index in [-0.39, 0.29) is 0 Å². The van der Waals surface area contributed by atoms with Gasteiger partial charge >= 0.3 is 11.9 Å². The van der Waals surface area contributed by atoms with Crippen LogP contribution in [0.2, 0.25) is 0 Å². The fourth-order valence-electron chi connectivity index (χ4n) is 1.13. The first-order valence-corrected chi connectivity index (χ1v) is 5.23. The minimum Gasteiger partial charge on any atom is -0.480 e. The molecule has 1 amide bonds. The average Bonchev–Trinajstić information content (AvgIpc) is 2.25. The molecule has 0 radical (unpaired) electrons. The first-order valence-electron chi connectivity index (χ1n) is 5.23. The fourth-order valence-corrected chi connectivity index (χ4v) is 1.13. The number of carbonyl (C=O) groups excluding carboxylic acids is 2. The minimum absolute atomic E-state index is 0.313. The number of carboxylic acids is 1. The Hall–Kier alpha value is -1.85. The second-order valence-electron chi connectivity index (χ2n) is 3.46. The van der Waals surface area contributed by atoms with Crippen LogP contribution in [0.3, 0.4) is 0 Å². The molecule has 0 aromatic carbocycles. The van der Waals surface area contributed by atoms with E-state index in [2.05, 4.69) is 16.6 Å². The molecule has 0 aliphatic carbocycles. The maximum absolute atomic E-state index is 11.2. The lowest BCUT2D eigenvalue weighted by Crippen LogP contribution is -2.42. The Morgan fingerprint density at radius 3 is 2.59 bits per heavy atom. The van der Waals surface area contributed by atoms with E-state index in [0.717, 1.165) is 0 Å². The van der Waals surface area contributed by atoms with Gasteiger partial charge in [0, 0.05) is 6.92 Å². The van der Waals surface area contributed by atoms with Crippen molar-refractivity contribution in [2.75, 3.05) is 6.61 Å². The number of rotatable bonds is 8. The molecule has 96 valence electrons. The third-order valence-corrected chi connectivity index (χ3v) is 1.94. The first-order chi connectivity index (χ1) is 7.97. The van der Waals surface area contributed by atoms with Crippen molar-refractivity contribution in [3.8, 4) is 0 Å². The summed E-state index contributed by atoms with van der Waals surface area (Å²) in [4.78, 5) is 32.5. The molecular formula is C11H17NO5. The number of allylic oxidation sites excluding steroid dienone is 1. The molecule has 0 heterocycles. The van der Waals surface area contributed by atoms with Crippen LogP contribution >= 0.6 is 0 Å². The van der Waals surface area contributed by atoms with E-state index in [1.165, 1.54) is 6.92 Å². The molecule has 0 rings (SSSR count). The number of aliphatic carboxylic acids is 1. The zero-order chi connectivity index (χ0) is 13.3. The molecule has 0 unspecified atom stereocenters. The molecule has 0 aromatic rings. The van der Waals surface area contributed by atoms with Crippen LogP contribution in [0.4, 0.5) is 0 Å². The Labute approximate surface area is 99.6 Å². The van der Waals surface area contributed by atoms with Gasteiger partial charge in [0.05, 0.1) is 0 Å². The van der Waals surface area contributed by atoms with Crippen LogP contribution in [0.5, 0.6) is 0 Å². The van der Waals surface area contributed by atoms with Gasteiger partial charge < -0.3 is 15.2 Å². The average molecular weight is 243 g/mol. The highest BCUT2D eigenvalue weighted by atomic mass is 16.5. The number of esters is 1. The summed E-state index contributed by atoms with van der Waals surface area (Å²) in [7, 11) is 0. The third-order valence-electron chi connectivity index (χ3n) is 1.94. The van der Waals surface area contributed by atoms with Crippen LogP contribution in [0.15, 0.2) is 12.7 Å². The van der Waals surface area contributed by atoms with Gasteiger partial charge in [0.15, 0.2) is 6.61 Å². The summed E-state index contributed by atoms with van der Waals surface area (Å²) in [5, 5.41) is 11.1. The van der Waals surface area contributed by atoms with Crippen molar-refractivity contribution in [2.24, 2.45) is 0 Å². The lowest BCUT2D eigenvalue weighted by atomic mass is 10.1. The molecule has 0 aliphatic rings. The van der Waals surface area contributed by atoms with Gasteiger partial charge in [-0.1, -0.05) is 6.08 Å². The van der Waals surface area contributed by atoms with Gasteiger partial charge in [-0.15, -0.1) is 6.58 Å². The van der Waals surface area contributed by atoms with Gasteiger partial charge in [-0.2, -0.15) is 0 Å². The first kappa shape index (κ1) is 15.2. The second-order valence-corrected chi connectivity index (χ2v) is 3.46. The van der Waals surface area contributed by atoms with Crippen LogP contribution in [0.25, 0.3) is 0 Å². The molecule has 0 bridgehead atoms. The number of carboxylic acid groups (broad SMARTS) is 1. The molecule has 0 aromatic heterocycles. The van der Waals surface area contributed by atoms with E-state index in [1.54, 1.807) is 6.08 Å². The summed E-state index contributed by atoms with van der Waals surface area (Å²) < 4.78 is 4.45. The summed E-state index contributed by atoms with van der Waals surface area (Å²) in [5.74, 6) is -2.31. The maximum Gasteiger partial charge on any atom is 0.326 e. The molecular weight excluding hydrogens is 226 g/mol. The Morgan fingerprint density at radius 2 is 2.12 bits per heavy atom. The summed E-state index contributed by atoms with van der Waals surface area (Å²) in [6.45, 7) is 4.23. The van der Waals surface area contributed by atoms with Crippen LogP contribution in [0, 0.1) is 0 Å². The highest BCUT2D eigenvalue weighted by molar-refractivity contribution is 5.85. The molecule has 1 atom stereocenters. The van der Waals surface area contributed by atoms with Crippen molar-refractivity contribution in [1.29, 1.82) is 0 Å².